The van der Waals surface area contributed by atoms with Gasteiger partial charge in [0.15, 0.2) is 0 Å². The fourth-order valence-electron chi connectivity index (χ4n) is 3.64. The first-order chi connectivity index (χ1) is 8.74. The Morgan fingerprint density at radius 2 is 1.67 bits per heavy atom. The molecule has 2 heteroatoms. The van der Waals surface area contributed by atoms with Crippen molar-refractivity contribution in [3.63, 3.8) is 0 Å². The Labute approximate surface area is 113 Å². The molecule has 0 amide bonds. The van der Waals surface area contributed by atoms with Crippen molar-refractivity contribution in [2.45, 2.75) is 77.4 Å². The van der Waals surface area contributed by atoms with Crippen LogP contribution in [0, 0.1) is 11.8 Å². The number of hydrogen-bond donors (Lipinski definition) is 1. The smallest absolute Gasteiger partial charge is 0.0594 e. The van der Waals surface area contributed by atoms with Crippen LogP contribution in [0.15, 0.2) is 0 Å². The van der Waals surface area contributed by atoms with Gasteiger partial charge in [-0.25, -0.2) is 0 Å². The van der Waals surface area contributed by atoms with Crippen molar-refractivity contribution in [2.75, 3.05) is 13.2 Å². The predicted molar refractivity (Wildman–Crippen MR) is 76.8 cm³/mol. The monoisotopic (exact) mass is 253 g/mol. The van der Waals surface area contributed by atoms with Crippen molar-refractivity contribution in [1.82, 2.24) is 5.32 Å². The summed E-state index contributed by atoms with van der Waals surface area (Å²) in [6.45, 7) is 6.69. The van der Waals surface area contributed by atoms with Gasteiger partial charge in [0.1, 0.15) is 0 Å². The van der Waals surface area contributed by atoms with Gasteiger partial charge in [-0.15, -0.1) is 0 Å². The minimum Gasteiger partial charge on any atom is -0.377 e. The van der Waals surface area contributed by atoms with E-state index >= 15 is 0 Å². The van der Waals surface area contributed by atoms with E-state index in [0.29, 0.717) is 6.10 Å². The molecule has 4 unspecified atom stereocenters. The molecular formula is C16H31NO. The lowest BCUT2D eigenvalue weighted by atomic mass is 9.87. The first-order valence-corrected chi connectivity index (χ1v) is 8.09. The molecule has 0 saturated heterocycles. The molecule has 2 aliphatic rings. The molecule has 0 radical (unpaired) electrons. The molecule has 4 atom stereocenters. The summed E-state index contributed by atoms with van der Waals surface area (Å²) in [6.07, 6.45) is 11.4. The summed E-state index contributed by atoms with van der Waals surface area (Å²) in [7, 11) is 0. The molecule has 18 heavy (non-hydrogen) atoms. The maximum atomic E-state index is 6.01. The van der Waals surface area contributed by atoms with Gasteiger partial charge < -0.3 is 10.1 Å². The van der Waals surface area contributed by atoms with Crippen LogP contribution in [-0.4, -0.2) is 25.3 Å². The molecule has 0 aliphatic heterocycles. The quantitative estimate of drug-likeness (QED) is 0.753. The maximum absolute atomic E-state index is 6.01. The van der Waals surface area contributed by atoms with Crippen molar-refractivity contribution in [3.05, 3.63) is 0 Å². The SMILES string of the molecule is CC1CCCC(NCCOC2CCCC(C)C2)C1. The average molecular weight is 253 g/mol. The lowest BCUT2D eigenvalue weighted by Gasteiger charge is -2.29. The Balaban J connectivity index is 1.52. The summed E-state index contributed by atoms with van der Waals surface area (Å²) in [5.74, 6) is 1.78. The van der Waals surface area contributed by atoms with E-state index in [1.807, 2.05) is 0 Å². The minimum absolute atomic E-state index is 0.542. The van der Waals surface area contributed by atoms with E-state index in [4.69, 9.17) is 4.74 Å². The fraction of sp³-hybridized carbons (Fsp3) is 1.00. The van der Waals surface area contributed by atoms with Gasteiger partial charge in [-0.05, 0) is 37.5 Å². The van der Waals surface area contributed by atoms with E-state index in [1.165, 1.54) is 51.4 Å². The van der Waals surface area contributed by atoms with Crippen LogP contribution in [0.25, 0.3) is 0 Å². The highest BCUT2D eigenvalue weighted by molar-refractivity contribution is 4.76. The second kappa shape index (κ2) is 7.49. The summed E-state index contributed by atoms with van der Waals surface area (Å²) in [4.78, 5) is 0. The van der Waals surface area contributed by atoms with Crippen LogP contribution in [-0.2, 0) is 4.74 Å². The van der Waals surface area contributed by atoms with Crippen molar-refractivity contribution in [2.24, 2.45) is 11.8 Å². The lowest BCUT2D eigenvalue weighted by molar-refractivity contribution is 0.0160. The Morgan fingerprint density at radius 1 is 0.944 bits per heavy atom. The summed E-state index contributed by atoms with van der Waals surface area (Å²) >= 11 is 0. The first kappa shape index (κ1) is 14.3. The van der Waals surface area contributed by atoms with Crippen molar-refractivity contribution in [3.8, 4) is 0 Å². The highest BCUT2D eigenvalue weighted by Gasteiger charge is 2.20. The molecule has 2 aliphatic carbocycles. The predicted octanol–water partition coefficient (Wildman–Crippen LogP) is 3.75. The molecule has 2 fully saturated rings. The van der Waals surface area contributed by atoms with Gasteiger partial charge >= 0.3 is 0 Å². The lowest BCUT2D eigenvalue weighted by Crippen LogP contribution is -2.36. The standard InChI is InChI=1S/C16H31NO/c1-13-5-3-7-15(11-13)17-9-10-18-16-8-4-6-14(2)12-16/h13-17H,3-12H2,1-2H3. The summed E-state index contributed by atoms with van der Waals surface area (Å²) in [5, 5.41) is 3.68. The van der Waals surface area contributed by atoms with Gasteiger partial charge in [-0.2, -0.15) is 0 Å². The van der Waals surface area contributed by atoms with Crippen molar-refractivity contribution >= 4 is 0 Å². The van der Waals surface area contributed by atoms with Crippen molar-refractivity contribution < 1.29 is 4.74 Å². The van der Waals surface area contributed by atoms with Crippen molar-refractivity contribution in [1.29, 1.82) is 0 Å². The van der Waals surface area contributed by atoms with Crippen LogP contribution in [0.2, 0.25) is 0 Å². The van der Waals surface area contributed by atoms with Gasteiger partial charge in [-0.1, -0.05) is 39.5 Å². The van der Waals surface area contributed by atoms with Gasteiger partial charge in [-0.3, -0.25) is 0 Å². The molecule has 2 nitrogen and oxygen atoms in total. The molecule has 1 N–H and O–H groups in total. The fourth-order valence-corrected chi connectivity index (χ4v) is 3.64. The number of nitrogens with one attached hydrogen (secondary N) is 1. The zero-order chi connectivity index (χ0) is 12.8. The zero-order valence-corrected chi connectivity index (χ0v) is 12.3. The zero-order valence-electron chi connectivity index (χ0n) is 12.3. The van der Waals surface area contributed by atoms with E-state index in [9.17, 15) is 0 Å². The third-order valence-electron chi connectivity index (χ3n) is 4.71. The highest BCUT2D eigenvalue weighted by atomic mass is 16.5. The van der Waals surface area contributed by atoms with E-state index in [1.54, 1.807) is 0 Å². The molecule has 2 saturated carbocycles. The molecule has 0 bridgehead atoms. The van der Waals surface area contributed by atoms with Crippen LogP contribution >= 0.6 is 0 Å². The van der Waals surface area contributed by atoms with Gasteiger partial charge in [0.25, 0.3) is 0 Å². The molecule has 0 aromatic rings. The molecule has 2 rings (SSSR count). The number of ether oxygens (including phenoxy) is 1. The molecule has 106 valence electrons. The van der Waals surface area contributed by atoms with Crippen LogP contribution < -0.4 is 5.32 Å². The van der Waals surface area contributed by atoms with Crippen LogP contribution in [0.5, 0.6) is 0 Å². The molecule has 0 spiro atoms. The molecular weight excluding hydrogens is 222 g/mol. The van der Waals surface area contributed by atoms with E-state index in [0.717, 1.165) is 31.0 Å². The van der Waals surface area contributed by atoms with E-state index in [-0.39, 0.29) is 0 Å². The molecule has 0 heterocycles. The maximum Gasteiger partial charge on any atom is 0.0594 e. The van der Waals surface area contributed by atoms with E-state index < -0.39 is 0 Å². The van der Waals surface area contributed by atoms with Gasteiger partial charge in [0, 0.05) is 12.6 Å². The van der Waals surface area contributed by atoms with Gasteiger partial charge in [0.2, 0.25) is 0 Å². The third kappa shape index (κ3) is 4.89. The second-order valence-electron chi connectivity index (χ2n) is 6.69. The Morgan fingerprint density at radius 3 is 2.39 bits per heavy atom. The topological polar surface area (TPSA) is 21.3 Å². The van der Waals surface area contributed by atoms with Crippen LogP contribution in [0.3, 0.4) is 0 Å². The van der Waals surface area contributed by atoms with E-state index in [2.05, 4.69) is 19.2 Å². The summed E-state index contributed by atoms with van der Waals surface area (Å²) in [6, 6.07) is 0.752. The Hall–Kier alpha value is -0.0800. The number of hydrogen-bond acceptors (Lipinski definition) is 2. The Bertz CT molecular complexity index is 207. The third-order valence-corrected chi connectivity index (χ3v) is 4.71. The van der Waals surface area contributed by atoms with Gasteiger partial charge in [0.05, 0.1) is 12.7 Å². The van der Waals surface area contributed by atoms with Crippen LogP contribution in [0.4, 0.5) is 0 Å². The normalized spacial score (nSPS) is 37.7. The first-order valence-electron chi connectivity index (χ1n) is 8.09. The molecule has 0 aromatic carbocycles. The largest absolute Gasteiger partial charge is 0.377 e. The minimum atomic E-state index is 0.542. The average Bonchev–Trinajstić information content (AvgIpc) is 2.35. The summed E-state index contributed by atoms with van der Waals surface area (Å²) in [5.41, 5.74) is 0. The highest BCUT2D eigenvalue weighted by Crippen LogP contribution is 2.26. The summed E-state index contributed by atoms with van der Waals surface area (Å²) < 4.78 is 6.01. The Kier molecular flexibility index (Phi) is 5.97. The second-order valence-corrected chi connectivity index (χ2v) is 6.69. The molecule has 0 aromatic heterocycles. The van der Waals surface area contributed by atoms with Crippen LogP contribution in [0.1, 0.15) is 65.2 Å². The number of rotatable bonds is 5.